The first-order valence-electron chi connectivity index (χ1n) is 19.5. The standard InChI is InChI=1S/C40H62NO8/c1-9-29(42)49-34(36(5,6)44)25-18-23(2)31-32(47-25)33(43)38(8)27-11-10-26-35(3,4)28(48-30-19-41(16-17-46-30)24-20-45-21-24)12-13-39(26)22-40(27,39)15-14-37(31,38)7/h23-24,26,28,30-31,33-34,43-44H,9-22H2,1-8H3/t23-,26+,28+,30+,31+,33+,34+,37-,38-,39-,40+/m1/s1. The van der Waals surface area contributed by atoms with Gasteiger partial charge in [-0.05, 0) is 105 Å². The maximum absolute atomic E-state index is 12.6. The molecule has 8 aliphatic rings. The third-order valence-corrected chi connectivity index (χ3v) is 16.0. The third kappa shape index (κ3) is 4.83. The molecule has 3 saturated heterocycles. The number of rotatable bonds is 7. The van der Waals surface area contributed by atoms with E-state index in [1.54, 1.807) is 26.7 Å². The Morgan fingerprint density at radius 1 is 1.12 bits per heavy atom. The molecule has 3 heterocycles. The lowest BCUT2D eigenvalue weighted by Gasteiger charge is -2.63. The fourth-order valence-electron chi connectivity index (χ4n) is 13.3. The summed E-state index contributed by atoms with van der Waals surface area (Å²) in [4.78, 5) is 14.9. The lowest BCUT2D eigenvalue weighted by Crippen LogP contribution is -2.60. The Bertz CT molecular complexity index is 1300. The summed E-state index contributed by atoms with van der Waals surface area (Å²) in [5.41, 5.74) is -1.40. The Kier molecular flexibility index (Phi) is 8.34. The number of hydrogen-bond acceptors (Lipinski definition) is 9. The molecule has 9 nitrogen and oxygen atoms in total. The van der Waals surface area contributed by atoms with Crippen molar-refractivity contribution in [2.24, 2.45) is 44.8 Å². The minimum absolute atomic E-state index is 0.0285. The molecular formula is C40H62NO8. The quantitative estimate of drug-likeness (QED) is 0.331. The molecule has 0 amide bonds. The van der Waals surface area contributed by atoms with E-state index in [0.29, 0.717) is 31.1 Å². The number of esters is 1. The molecule has 8 fully saturated rings. The van der Waals surface area contributed by atoms with Gasteiger partial charge in [0.25, 0.3) is 0 Å². The number of carbonyl (C=O) groups is 1. The lowest BCUT2D eigenvalue weighted by atomic mass is 9.41. The first kappa shape index (κ1) is 35.2. The van der Waals surface area contributed by atoms with Gasteiger partial charge in [0.05, 0.1) is 50.2 Å². The minimum atomic E-state index is -1.31. The van der Waals surface area contributed by atoms with Gasteiger partial charge in [-0.15, -0.1) is 0 Å². The van der Waals surface area contributed by atoms with Gasteiger partial charge in [-0.1, -0.05) is 41.5 Å². The number of ether oxygens (including phenoxy) is 5. The minimum Gasteiger partial charge on any atom is -0.456 e. The Balaban J connectivity index is 1.02. The SMILES string of the molecule is CCC(=O)O[C@@H]([C]1C[C@@H](C)[C@H]2[C](O1)[C@H](O)[C@@]1(C)[C]3CC[C@H]4C(C)(C)[C@@H](O[C@H]5CN(C6COC6)CCO5)CC[C@@]45C[C@@]35CC[C@]21C)C(C)(C)O. The summed E-state index contributed by atoms with van der Waals surface area (Å²) in [6.07, 6.45) is 8.32. The monoisotopic (exact) mass is 684 g/mol. The first-order valence-corrected chi connectivity index (χ1v) is 19.5. The van der Waals surface area contributed by atoms with Crippen molar-refractivity contribution in [3.8, 4) is 0 Å². The zero-order valence-corrected chi connectivity index (χ0v) is 31.3. The Morgan fingerprint density at radius 2 is 1.88 bits per heavy atom. The van der Waals surface area contributed by atoms with Crippen LogP contribution >= 0.6 is 0 Å². The third-order valence-electron chi connectivity index (χ3n) is 16.0. The van der Waals surface area contributed by atoms with Gasteiger partial charge in [0, 0.05) is 24.3 Å². The number of hydrogen-bond donors (Lipinski definition) is 2. The molecule has 275 valence electrons. The number of aliphatic hydroxyl groups is 2. The van der Waals surface area contributed by atoms with Gasteiger partial charge in [0.2, 0.25) is 0 Å². The van der Waals surface area contributed by atoms with Crippen molar-refractivity contribution < 1.29 is 38.7 Å². The summed E-state index contributed by atoms with van der Waals surface area (Å²) < 4.78 is 31.1. The predicted octanol–water partition coefficient (Wildman–Crippen LogP) is 5.62. The van der Waals surface area contributed by atoms with Crippen LogP contribution < -0.4 is 0 Å². The van der Waals surface area contributed by atoms with Gasteiger partial charge >= 0.3 is 5.97 Å². The normalized spacial score (nSPS) is 48.0. The second-order valence-electron chi connectivity index (χ2n) is 19.0. The molecule has 11 atom stereocenters. The van der Waals surface area contributed by atoms with E-state index < -0.39 is 23.2 Å². The molecule has 5 aliphatic carbocycles. The fourth-order valence-corrected chi connectivity index (χ4v) is 13.3. The number of nitrogens with zero attached hydrogens (tertiary/aromatic N) is 1. The molecule has 0 unspecified atom stereocenters. The van der Waals surface area contributed by atoms with Gasteiger partial charge in [-0.2, -0.15) is 0 Å². The summed E-state index contributed by atoms with van der Waals surface area (Å²) in [6.45, 7) is 21.2. The van der Waals surface area contributed by atoms with Crippen LogP contribution in [0.15, 0.2) is 0 Å². The van der Waals surface area contributed by atoms with E-state index in [4.69, 9.17) is 23.7 Å². The van der Waals surface area contributed by atoms with Gasteiger partial charge < -0.3 is 33.9 Å². The Hall–Kier alpha value is -0.810. The smallest absolute Gasteiger partial charge is 0.305 e. The van der Waals surface area contributed by atoms with Crippen molar-refractivity contribution in [3.05, 3.63) is 18.1 Å². The molecule has 2 N–H and O–H groups in total. The molecule has 9 heteroatoms. The van der Waals surface area contributed by atoms with Crippen LogP contribution in [0.4, 0.5) is 0 Å². The summed E-state index contributed by atoms with van der Waals surface area (Å²) >= 11 is 0. The van der Waals surface area contributed by atoms with E-state index in [2.05, 4.69) is 39.5 Å². The van der Waals surface area contributed by atoms with Crippen LogP contribution in [0.25, 0.3) is 0 Å². The van der Waals surface area contributed by atoms with Gasteiger partial charge in [-0.25, -0.2) is 0 Å². The highest BCUT2D eigenvalue weighted by Gasteiger charge is 2.85. The summed E-state index contributed by atoms with van der Waals surface area (Å²) in [7, 11) is 0. The number of fused-ring (bicyclic) bond motifs is 4. The largest absolute Gasteiger partial charge is 0.456 e. The Labute approximate surface area is 294 Å². The molecule has 0 aromatic carbocycles. The average molecular weight is 685 g/mol. The van der Waals surface area contributed by atoms with Crippen LogP contribution in [0.5, 0.6) is 0 Å². The van der Waals surface area contributed by atoms with Crippen LogP contribution in [0.1, 0.15) is 113 Å². The van der Waals surface area contributed by atoms with Crippen molar-refractivity contribution in [1.82, 2.24) is 4.90 Å². The lowest BCUT2D eigenvalue weighted by molar-refractivity contribution is -0.252. The Morgan fingerprint density at radius 3 is 2.55 bits per heavy atom. The van der Waals surface area contributed by atoms with Crippen molar-refractivity contribution in [2.75, 3.05) is 32.9 Å². The highest BCUT2D eigenvalue weighted by Crippen LogP contribution is 2.90. The highest BCUT2D eigenvalue weighted by molar-refractivity contribution is 5.69. The average Bonchev–Trinajstić information content (AvgIpc) is 3.64. The van der Waals surface area contributed by atoms with Crippen LogP contribution in [0.2, 0.25) is 0 Å². The van der Waals surface area contributed by atoms with E-state index in [9.17, 15) is 15.0 Å². The van der Waals surface area contributed by atoms with Crippen molar-refractivity contribution in [3.63, 3.8) is 0 Å². The number of morpholine rings is 1. The number of aliphatic hydroxyl groups excluding tert-OH is 1. The summed E-state index contributed by atoms with van der Waals surface area (Å²) in [5, 5.41) is 23.7. The van der Waals surface area contributed by atoms with E-state index in [1.807, 2.05) is 0 Å². The zero-order chi connectivity index (χ0) is 34.9. The highest BCUT2D eigenvalue weighted by atomic mass is 16.7. The zero-order valence-electron chi connectivity index (χ0n) is 31.3. The maximum Gasteiger partial charge on any atom is 0.305 e. The molecule has 3 radical (unpaired) electrons. The molecule has 8 rings (SSSR count). The van der Waals surface area contributed by atoms with Crippen LogP contribution in [-0.4, -0.2) is 90.2 Å². The summed E-state index contributed by atoms with van der Waals surface area (Å²) in [5.74, 6) is 2.08. The number of carbonyl (C=O) groups excluding carboxylic acids is 1. The molecule has 5 saturated carbocycles. The van der Waals surface area contributed by atoms with E-state index in [-0.39, 0.29) is 58.3 Å². The van der Waals surface area contributed by atoms with E-state index in [0.717, 1.165) is 58.1 Å². The molecule has 0 aromatic heterocycles. The molecule has 0 bridgehead atoms. The molecule has 2 spiro atoms. The molecule has 0 aromatic rings. The van der Waals surface area contributed by atoms with Crippen LogP contribution in [0, 0.1) is 63.0 Å². The topological polar surface area (TPSA) is 107 Å². The van der Waals surface area contributed by atoms with Crippen molar-refractivity contribution in [1.29, 1.82) is 0 Å². The molecule has 49 heavy (non-hydrogen) atoms. The predicted molar refractivity (Wildman–Crippen MR) is 182 cm³/mol. The van der Waals surface area contributed by atoms with Crippen LogP contribution in [-0.2, 0) is 28.5 Å². The molecular weight excluding hydrogens is 622 g/mol. The van der Waals surface area contributed by atoms with Gasteiger partial charge in [-0.3, -0.25) is 9.69 Å². The second-order valence-corrected chi connectivity index (χ2v) is 19.0. The van der Waals surface area contributed by atoms with Gasteiger partial charge in [0.1, 0.15) is 12.2 Å². The fraction of sp³-hybridized carbons (Fsp3) is 0.900. The second kappa shape index (κ2) is 11.6. The molecule has 3 aliphatic heterocycles. The maximum atomic E-state index is 12.6. The first-order chi connectivity index (χ1) is 23.0. The summed E-state index contributed by atoms with van der Waals surface area (Å²) in [6, 6.07) is 0.502. The van der Waals surface area contributed by atoms with Crippen LogP contribution in [0.3, 0.4) is 0 Å². The van der Waals surface area contributed by atoms with Crippen molar-refractivity contribution in [2.45, 2.75) is 149 Å². The van der Waals surface area contributed by atoms with Crippen molar-refractivity contribution >= 4 is 5.97 Å². The van der Waals surface area contributed by atoms with E-state index >= 15 is 0 Å². The van der Waals surface area contributed by atoms with Gasteiger partial charge in [0.15, 0.2) is 12.4 Å². The van der Waals surface area contributed by atoms with E-state index in [1.165, 1.54) is 19.3 Å².